The van der Waals surface area contributed by atoms with Crippen LogP contribution in [0.15, 0.2) is 60.8 Å². The highest BCUT2D eigenvalue weighted by atomic mass is 15.3. The molecule has 122 valence electrons. The van der Waals surface area contributed by atoms with E-state index < -0.39 is 0 Å². The Hall–Kier alpha value is -2.59. The summed E-state index contributed by atoms with van der Waals surface area (Å²) < 4.78 is 2.07. The van der Waals surface area contributed by atoms with Gasteiger partial charge in [0.25, 0.3) is 0 Å². The molecule has 1 aliphatic rings. The van der Waals surface area contributed by atoms with Gasteiger partial charge in [-0.2, -0.15) is 5.10 Å². The highest BCUT2D eigenvalue weighted by Crippen LogP contribution is 2.33. The molecule has 1 aromatic heterocycles. The molecule has 2 aromatic carbocycles. The Morgan fingerprint density at radius 2 is 1.75 bits per heavy atom. The van der Waals surface area contributed by atoms with Gasteiger partial charge in [0.2, 0.25) is 0 Å². The van der Waals surface area contributed by atoms with Crippen LogP contribution in [0.2, 0.25) is 0 Å². The number of anilines is 1. The molecule has 2 heterocycles. The van der Waals surface area contributed by atoms with Gasteiger partial charge in [0.1, 0.15) is 0 Å². The second-order valence-corrected chi connectivity index (χ2v) is 6.23. The average Bonchev–Trinajstić information content (AvgIpc) is 3.08. The number of nitrogens with one attached hydrogen (secondary N) is 1. The first kappa shape index (κ1) is 15.0. The third-order valence-electron chi connectivity index (χ3n) is 4.50. The second-order valence-electron chi connectivity index (χ2n) is 6.23. The van der Waals surface area contributed by atoms with Crippen molar-refractivity contribution in [1.29, 1.82) is 0 Å². The van der Waals surface area contributed by atoms with Crippen molar-refractivity contribution in [2.24, 2.45) is 0 Å². The van der Waals surface area contributed by atoms with Gasteiger partial charge in [-0.15, -0.1) is 0 Å². The summed E-state index contributed by atoms with van der Waals surface area (Å²) in [6.45, 7) is 6.18. The molecule has 0 radical (unpaired) electrons. The van der Waals surface area contributed by atoms with Crippen molar-refractivity contribution in [1.82, 2.24) is 15.1 Å². The Bertz CT molecular complexity index is 817. The molecule has 1 saturated heterocycles. The molecule has 4 nitrogen and oxygen atoms in total. The minimum atomic E-state index is 1.01. The molecule has 24 heavy (non-hydrogen) atoms. The lowest BCUT2D eigenvalue weighted by molar-refractivity contribution is 0.589. The van der Waals surface area contributed by atoms with Gasteiger partial charge in [-0.05, 0) is 24.6 Å². The van der Waals surface area contributed by atoms with Crippen LogP contribution in [0.5, 0.6) is 0 Å². The van der Waals surface area contributed by atoms with Crippen LogP contribution in [0.3, 0.4) is 0 Å². The minimum absolute atomic E-state index is 1.01. The molecular formula is C20H22N4. The minimum Gasteiger partial charge on any atom is -0.366 e. The van der Waals surface area contributed by atoms with Gasteiger partial charge >= 0.3 is 0 Å². The molecule has 3 aromatic rings. The average molecular weight is 318 g/mol. The lowest BCUT2D eigenvalue weighted by Gasteiger charge is -2.29. The van der Waals surface area contributed by atoms with Crippen molar-refractivity contribution in [3.8, 4) is 16.9 Å². The molecule has 4 rings (SSSR count). The zero-order chi connectivity index (χ0) is 16.4. The molecule has 0 aliphatic carbocycles. The van der Waals surface area contributed by atoms with E-state index in [-0.39, 0.29) is 0 Å². The fourth-order valence-corrected chi connectivity index (χ4v) is 3.30. The summed E-state index contributed by atoms with van der Waals surface area (Å²) in [7, 11) is 0. The summed E-state index contributed by atoms with van der Waals surface area (Å²) in [6.07, 6.45) is 2.01. The van der Waals surface area contributed by atoms with Crippen molar-refractivity contribution in [3.63, 3.8) is 0 Å². The molecule has 0 spiro atoms. The number of hydrogen-bond acceptors (Lipinski definition) is 3. The lowest BCUT2D eigenvalue weighted by Crippen LogP contribution is -2.43. The summed E-state index contributed by atoms with van der Waals surface area (Å²) in [5.41, 5.74) is 5.93. The van der Waals surface area contributed by atoms with Crippen LogP contribution in [0, 0.1) is 6.92 Å². The SMILES string of the molecule is Cc1cccc(-n2ncc(N3CCNCC3)c2-c2ccccc2)c1. The maximum Gasteiger partial charge on any atom is 0.0974 e. The fourth-order valence-electron chi connectivity index (χ4n) is 3.30. The van der Waals surface area contributed by atoms with Crippen molar-refractivity contribution in [3.05, 3.63) is 66.4 Å². The third kappa shape index (κ3) is 2.81. The standard InChI is InChI=1S/C20H22N4/c1-16-6-5-9-18(14-16)24-20(17-7-3-2-4-8-17)19(15-22-24)23-12-10-21-11-13-23/h2-9,14-15,21H,10-13H2,1H3. The number of hydrogen-bond donors (Lipinski definition) is 1. The zero-order valence-electron chi connectivity index (χ0n) is 13.9. The van der Waals surface area contributed by atoms with Crippen molar-refractivity contribution >= 4 is 5.69 Å². The van der Waals surface area contributed by atoms with Gasteiger partial charge in [-0.25, -0.2) is 4.68 Å². The van der Waals surface area contributed by atoms with Gasteiger partial charge in [0.05, 0.1) is 23.3 Å². The van der Waals surface area contributed by atoms with Crippen LogP contribution in [0.1, 0.15) is 5.56 Å². The van der Waals surface area contributed by atoms with E-state index in [0.29, 0.717) is 0 Å². The first-order chi connectivity index (χ1) is 11.8. The first-order valence-corrected chi connectivity index (χ1v) is 8.49. The summed E-state index contributed by atoms with van der Waals surface area (Å²) in [4.78, 5) is 2.43. The molecule has 0 saturated carbocycles. The Balaban J connectivity index is 1.86. The van der Waals surface area contributed by atoms with E-state index >= 15 is 0 Å². The Labute approximate surface area is 142 Å². The fraction of sp³-hybridized carbons (Fsp3) is 0.250. The predicted octanol–water partition coefficient (Wildman–Crippen LogP) is 3.26. The van der Waals surface area contributed by atoms with Crippen molar-refractivity contribution in [2.75, 3.05) is 31.1 Å². The highest BCUT2D eigenvalue weighted by molar-refractivity contribution is 5.77. The predicted molar refractivity (Wildman–Crippen MR) is 98.8 cm³/mol. The Morgan fingerprint density at radius 1 is 0.958 bits per heavy atom. The van der Waals surface area contributed by atoms with E-state index in [0.717, 1.165) is 31.9 Å². The maximum atomic E-state index is 4.73. The van der Waals surface area contributed by atoms with Crippen LogP contribution in [-0.2, 0) is 0 Å². The molecule has 0 amide bonds. The molecule has 1 fully saturated rings. The van der Waals surface area contributed by atoms with Crippen LogP contribution < -0.4 is 10.2 Å². The topological polar surface area (TPSA) is 33.1 Å². The van der Waals surface area contributed by atoms with E-state index in [2.05, 4.69) is 76.4 Å². The van der Waals surface area contributed by atoms with Gasteiger partial charge in [-0.3, -0.25) is 0 Å². The summed E-state index contributed by atoms with van der Waals surface area (Å²) in [5.74, 6) is 0. The molecule has 0 atom stereocenters. The maximum absolute atomic E-state index is 4.73. The summed E-state index contributed by atoms with van der Waals surface area (Å²) in [5, 5.41) is 8.15. The van der Waals surface area contributed by atoms with Crippen LogP contribution in [-0.4, -0.2) is 36.0 Å². The monoisotopic (exact) mass is 318 g/mol. The quantitative estimate of drug-likeness (QED) is 0.805. The van der Waals surface area contributed by atoms with E-state index in [4.69, 9.17) is 5.10 Å². The smallest absolute Gasteiger partial charge is 0.0974 e. The van der Waals surface area contributed by atoms with E-state index in [1.807, 2.05) is 6.20 Å². The molecule has 1 aliphatic heterocycles. The number of rotatable bonds is 3. The van der Waals surface area contributed by atoms with Gasteiger partial charge in [0, 0.05) is 31.7 Å². The summed E-state index contributed by atoms with van der Waals surface area (Å²) in [6, 6.07) is 19.1. The molecular weight excluding hydrogens is 296 g/mol. The molecule has 1 N–H and O–H groups in total. The van der Waals surface area contributed by atoms with Gasteiger partial charge in [-0.1, -0.05) is 42.5 Å². The number of benzene rings is 2. The van der Waals surface area contributed by atoms with Crippen LogP contribution in [0.4, 0.5) is 5.69 Å². The van der Waals surface area contributed by atoms with Crippen LogP contribution >= 0.6 is 0 Å². The number of piperazine rings is 1. The molecule has 0 unspecified atom stereocenters. The normalized spacial score (nSPS) is 14.8. The van der Waals surface area contributed by atoms with Crippen molar-refractivity contribution < 1.29 is 0 Å². The van der Waals surface area contributed by atoms with Gasteiger partial charge < -0.3 is 10.2 Å². The molecule has 0 bridgehead atoms. The van der Waals surface area contributed by atoms with E-state index in [9.17, 15) is 0 Å². The summed E-state index contributed by atoms with van der Waals surface area (Å²) >= 11 is 0. The molecule has 4 heteroatoms. The lowest BCUT2D eigenvalue weighted by atomic mass is 10.1. The van der Waals surface area contributed by atoms with Crippen molar-refractivity contribution in [2.45, 2.75) is 6.92 Å². The zero-order valence-corrected chi connectivity index (χ0v) is 13.9. The Kier molecular flexibility index (Phi) is 4.05. The third-order valence-corrected chi connectivity index (χ3v) is 4.50. The number of aromatic nitrogens is 2. The van der Waals surface area contributed by atoms with E-state index in [1.165, 1.54) is 22.5 Å². The number of nitrogens with zero attached hydrogens (tertiary/aromatic N) is 3. The largest absolute Gasteiger partial charge is 0.366 e. The van der Waals surface area contributed by atoms with Crippen LogP contribution in [0.25, 0.3) is 16.9 Å². The number of aryl methyl sites for hydroxylation is 1. The second kappa shape index (κ2) is 6.49. The van der Waals surface area contributed by atoms with E-state index in [1.54, 1.807) is 0 Å². The highest BCUT2D eigenvalue weighted by Gasteiger charge is 2.20. The Morgan fingerprint density at radius 3 is 2.50 bits per heavy atom. The first-order valence-electron chi connectivity index (χ1n) is 8.49. The van der Waals surface area contributed by atoms with Gasteiger partial charge in [0.15, 0.2) is 0 Å².